The van der Waals surface area contributed by atoms with E-state index in [9.17, 15) is 14.7 Å². The monoisotopic (exact) mass is 493 g/mol. The van der Waals surface area contributed by atoms with Crippen molar-refractivity contribution in [3.05, 3.63) is 12.7 Å². The van der Waals surface area contributed by atoms with Crippen LogP contribution < -0.4 is 0 Å². The fourth-order valence-electron chi connectivity index (χ4n) is 7.58. The van der Waals surface area contributed by atoms with Gasteiger partial charge in [0.15, 0.2) is 0 Å². The molecule has 194 valence electrons. The van der Waals surface area contributed by atoms with E-state index in [-0.39, 0.29) is 29.1 Å². The van der Waals surface area contributed by atoms with Crippen molar-refractivity contribution in [2.45, 2.75) is 85.9 Å². The SMILES string of the molecule is C=C[C@]1(C)C[C@@H](OC(=O)CSCCN(CC)CC)C2(C)C(C)CCC3(CCC(=O)C32)[C@@H](C)[C@@H]1O. The molecule has 0 spiro atoms. The van der Waals surface area contributed by atoms with Crippen LogP contribution in [0.2, 0.25) is 0 Å². The van der Waals surface area contributed by atoms with Crippen LogP contribution in [0.1, 0.15) is 73.6 Å². The standard InChI is InChI=1S/C28H47NO4S/c1-8-26(6)17-22(33-23(31)18-34-16-15-29(9-2)10-3)27(7)19(4)11-13-28(20(5)25(26)32)14-12-21(30)24(27)28/h8,19-20,22,24-25,32H,1,9-18H2,2-7H3/t19?,20-,22+,24?,25-,26+,27?,28?/m0/s1. The molecule has 4 unspecified atom stereocenters. The Balaban J connectivity index is 1.88. The number of nitrogens with zero attached hydrogens (tertiary/aromatic N) is 1. The van der Waals surface area contributed by atoms with Crippen LogP contribution in [0.5, 0.6) is 0 Å². The van der Waals surface area contributed by atoms with Gasteiger partial charge in [-0.2, -0.15) is 0 Å². The molecule has 0 aliphatic heterocycles. The number of aliphatic hydroxyl groups excluding tert-OH is 1. The normalized spacial score (nSPS) is 42.1. The van der Waals surface area contributed by atoms with Crippen LogP contribution in [-0.4, -0.2) is 65.1 Å². The van der Waals surface area contributed by atoms with Gasteiger partial charge in [0.1, 0.15) is 11.9 Å². The Morgan fingerprint density at radius 2 is 1.94 bits per heavy atom. The lowest BCUT2D eigenvalue weighted by Crippen LogP contribution is -2.63. The van der Waals surface area contributed by atoms with Gasteiger partial charge in [0.2, 0.25) is 0 Å². The Hall–Kier alpha value is -0.850. The summed E-state index contributed by atoms with van der Waals surface area (Å²) in [5.74, 6) is 1.37. The van der Waals surface area contributed by atoms with Crippen LogP contribution in [0.4, 0.5) is 0 Å². The number of thioether (sulfide) groups is 1. The van der Waals surface area contributed by atoms with Crippen molar-refractivity contribution < 1.29 is 19.4 Å². The summed E-state index contributed by atoms with van der Waals surface area (Å²) in [6, 6.07) is 0. The van der Waals surface area contributed by atoms with Crippen molar-refractivity contribution in [1.82, 2.24) is 4.90 Å². The molecule has 0 aromatic carbocycles. The number of rotatable bonds is 9. The van der Waals surface area contributed by atoms with Crippen molar-refractivity contribution in [3.8, 4) is 0 Å². The highest BCUT2D eigenvalue weighted by Gasteiger charge is 2.68. The Morgan fingerprint density at radius 1 is 1.26 bits per heavy atom. The average Bonchev–Trinajstić information content (AvgIpc) is 3.17. The number of ether oxygens (including phenoxy) is 1. The predicted molar refractivity (Wildman–Crippen MR) is 140 cm³/mol. The first kappa shape index (κ1) is 27.7. The molecule has 3 saturated carbocycles. The Kier molecular flexibility index (Phi) is 8.68. The average molecular weight is 494 g/mol. The third-order valence-electron chi connectivity index (χ3n) is 10.2. The molecule has 1 N–H and O–H groups in total. The van der Waals surface area contributed by atoms with Gasteiger partial charge in [0.05, 0.1) is 11.9 Å². The lowest BCUT2D eigenvalue weighted by Gasteiger charge is -2.61. The first-order valence-electron chi connectivity index (χ1n) is 13.3. The smallest absolute Gasteiger partial charge is 0.316 e. The van der Waals surface area contributed by atoms with Crippen molar-refractivity contribution >= 4 is 23.5 Å². The van der Waals surface area contributed by atoms with Crippen molar-refractivity contribution in [1.29, 1.82) is 0 Å². The second-order valence-corrected chi connectivity index (χ2v) is 12.7. The summed E-state index contributed by atoms with van der Waals surface area (Å²) in [4.78, 5) is 28.9. The highest BCUT2D eigenvalue weighted by molar-refractivity contribution is 7.99. The summed E-state index contributed by atoms with van der Waals surface area (Å²) < 4.78 is 6.30. The molecule has 8 atom stereocenters. The minimum Gasteiger partial charge on any atom is -0.461 e. The van der Waals surface area contributed by atoms with E-state index in [1.807, 2.05) is 13.0 Å². The van der Waals surface area contributed by atoms with Crippen LogP contribution in [0.25, 0.3) is 0 Å². The second-order valence-electron chi connectivity index (χ2n) is 11.6. The van der Waals surface area contributed by atoms with E-state index in [1.54, 1.807) is 11.8 Å². The van der Waals surface area contributed by atoms with Gasteiger partial charge < -0.3 is 14.7 Å². The van der Waals surface area contributed by atoms with Crippen LogP contribution in [0.15, 0.2) is 12.7 Å². The minimum atomic E-state index is -0.624. The molecule has 3 aliphatic rings. The lowest BCUT2D eigenvalue weighted by atomic mass is 9.44. The Bertz CT molecular complexity index is 770. The number of aliphatic hydroxyl groups is 1. The topological polar surface area (TPSA) is 66.8 Å². The van der Waals surface area contributed by atoms with Crippen molar-refractivity contribution in [3.63, 3.8) is 0 Å². The van der Waals surface area contributed by atoms with E-state index in [0.29, 0.717) is 24.4 Å². The lowest BCUT2D eigenvalue weighted by molar-refractivity contribution is -0.205. The van der Waals surface area contributed by atoms with Crippen molar-refractivity contribution in [2.24, 2.45) is 34.0 Å². The molecular weight excluding hydrogens is 446 g/mol. The number of Topliss-reactive ketones (excluding diaryl/α,β-unsaturated/α-hetero) is 1. The second kappa shape index (κ2) is 10.6. The molecule has 0 amide bonds. The van der Waals surface area contributed by atoms with Crippen LogP contribution in [0.3, 0.4) is 0 Å². The fourth-order valence-corrected chi connectivity index (χ4v) is 8.35. The quantitative estimate of drug-likeness (QED) is 0.278. The Morgan fingerprint density at radius 3 is 2.56 bits per heavy atom. The summed E-state index contributed by atoms with van der Waals surface area (Å²) in [6.45, 7) is 20.0. The van der Waals surface area contributed by atoms with E-state index < -0.39 is 23.0 Å². The third kappa shape index (κ3) is 4.64. The summed E-state index contributed by atoms with van der Waals surface area (Å²) in [7, 11) is 0. The maximum atomic E-state index is 13.4. The van der Waals surface area contributed by atoms with E-state index >= 15 is 0 Å². The fraction of sp³-hybridized carbons (Fsp3) is 0.857. The Labute approximate surface area is 211 Å². The molecule has 3 fully saturated rings. The highest BCUT2D eigenvalue weighted by atomic mass is 32.2. The molecule has 0 radical (unpaired) electrons. The van der Waals surface area contributed by atoms with Crippen molar-refractivity contribution in [2.75, 3.05) is 31.1 Å². The van der Waals surface area contributed by atoms with Crippen LogP contribution in [0, 0.1) is 34.0 Å². The van der Waals surface area contributed by atoms with E-state index in [4.69, 9.17) is 4.74 Å². The van der Waals surface area contributed by atoms with Gasteiger partial charge in [-0.15, -0.1) is 18.3 Å². The number of carbonyl (C=O) groups is 2. The predicted octanol–water partition coefficient (Wildman–Crippen LogP) is 4.97. The number of esters is 1. The number of carbonyl (C=O) groups excluding carboxylic acids is 2. The zero-order valence-electron chi connectivity index (χ0n) is 22.3. The summed E-state index contributed by atoms with van der Waals surface area (Å²) in [5, 5.41) is 11.6. The third-order valence-corrected chi connectivity index (χ3v) is 11.2. The van der Waals surface area contributed by atoms with Crippen LogP contribution >= 0.6 is 11.8 Å². The minimum absolute atomic E-state index is 0.00828. The van der Waals surface area contributed by atoms with Gasteiger partial charge in [0.25, 0.3) is 0 Å². The summed E-state index contributed by atoms with van der Waals surface area (Å²) in [6.07, 6.45) is 4.64. The van der Waals surface area contributed by atoms with Gasteiger partial charge in [-0.3, -0.25) is 9.59 Å². The zero-order chi connectivity index (χ0) is 25.3. The van der Waals surface area contributed by atoms with Gasteiger partial charge in [-0.05, 0) is 56.0 Å². The zero-order valence-corrected chi connectivity index (χ0v) is 23.1. The van der Waals surface area contributed by atoms with Gasteiger partial charge >= 0.3 is 5.97 Å². The first-order chi connectivity index (χ1) is 16.0. The number of hydrogen-bond donors (Lipinski definition) is 1. The number of hydrogen-bond acceptors (Lipinski definition) is 6. The maximum absolute atomic E-state index is 13.4. The van der Waals surface area contributed by atoms with Gasteiger partial charge in [-0.1, -0.05) is 47.6 Å². The molecule has 3 aliphatic carbocycles. The van der Waals surface area contributed by atoms with Crippen LogP contribution in [-0.2, 0) is 14.3 Å². The van der Waals surface area contributed by atoms with Gasteiger partial charge in [0, 0.05) is 35.5 Å². The molecule has 34 heavy (non-hydrogen) atoms. The number of ketones is 1. The highest BCUT2D eigenvalue weighted by Crippen LogP contribution is 2.67. The molecular formula is C28H47NO4S. The molecule has 6 heteroatoms. The molecule has 2 bridgehead atoms. The largest absolute Gasteiger partial charge is 0.461 e. The maximum Gasteiger partial charge on any atom is 0.316 e. The molecule has 3 rings (SSSR count). The molecule has 0 saturated heterocycles. The summed E-state index contributed by atoms with van der Waals surface area (Å²) in [5.41, 5.74) is -1.25. The molecule has 0 aromatic heterocycles. The van der Waals surface area contributed by atoms with Gasteiger partial charge in [-0.25, -0.2) is 0 Å². The van der Waals surface area contributed by atoms with E-state index in [1.165, 1.54) is 0 Å². The molecule has 0 aromatic rings. The first-order valence-corrected chi connectivity index (χ1v) is 14.5. The molecule has 5 nitrogen and oxygen atoms in total. The molecule has 0 heterocycles. The van der Waals surface area contributed by atoms with E-state index in [0.717, 1.165) is 44.6 Å². The van der Waals surface area contributed by atoms with E-state index in [2.05, 4.69) is 46.1 Å². The summed E-state index contributed by atoms with van der Waals surface area (Å²) >= 11 is 1.61.